The molecule has 0 aromatic heterocycles. The Morgan fingerprint density at radius 1 is 1.25 bits per heavy atom. The van der Waals surface area contributed by atoms with Gasteiger partial charge in [-0.2, -0.15) is 0 Å². The van der Waals surface area contributed by atoms with Gasteiger partial charge in [-0.25, -0.2) is 0 Å². The summed E-state index contributed by atoms with van der Waals surface area (Å²) in [7, 11) is 1.51. The van der Waals surface area contributed by atoms with Crippen molar-refractivity contribution in [1.29, 1.82) is 0 Å². The molecule has 3 nitrogen and oxygen atoms in total. The first kappa shape index (κ1) is 11.9. The third-order valence-corrected chi connectivity index (χ3v) is 3.80. The van der Waals surface area contributed by atoms with Crippen molar-refractivity contribution in [2.75, 3.05) is 20.2 Å². The molecule has 0 spiro atoms. The van der Waals surface area contributed by atoms with Crippen molar-refractivity contribution in [3.05, 3.63) is 0 Å². The molecule has 2 rings (SSSR count). The number of likely N-dealkylation sites (tertiary alicyclic amines) is 1. The molecule has 3 heteroatoms. The lowest BCUT2D eigenvalue weighted by Crippen LogP contribution is -2.50. The van der Waals surface area contributed by atoms with Crippen molar-refractivity contribution in [3.63, 3.8) is 0 Å². The number of hydrogen-bond acceptors (Lipinski definition) is 3. The zero-order valence-electron chi connectivity index (χ0n) is 10.6. The van der Waals surface area contributed by atoms with E-state index in [-0.39, 0.29) is 12.0 Å². The number of carbonyl (C=O) groups excluding carboxylic acids is 1. The molecule has 0 bridgehead atoms. The molecule has 3 atom stereocenters. The summed E-state index contributed by atoms with van der Waals surface area (Å²) in [6.45, 7) is 6.68. The van der Waals surface area contributed by atoms with Crippen LogP contribution in [0.25, 0.3) is 0 Å². The second-order valence-corrected chi connectivity index (χ2v) is 5.71. The maximum atomic E-state index is 11.8. The summed E-state index contributed by atoms with van der Waals surface area (Å²) in [6.07, 6.45) is 3.67. The highest BCUT2D eigenvalue weighted by molar-refractivity contribution is 5.76. The Morgan fingerprint density at radius 3 is 2.25 bits per heavy atom. The highest BCUT2D eigenvalue weighted by Crippen LogP contribution is 2.38. The van der Waals surface area contributed by atoms with Gasteiger partial charge in [-0.15, -0.1) is 0 Å². The van der Waals surface area contributed by atoms with E-state index in [9.17, 15) is 4.79 Å². The Balaban J connectivity index is 2.04. The van der Waals surface area contributed by atoms with Gasteiger partial charge in [-0.1, -0.05) is 13.8 Å². The highest BCUT2D eigenvalue weighted by Gasteiger charge is 2.42. The average molecular weight is 225 g/mol. The summed E-state index contributed by atoms with van der Waals surface area (Å²) < 4.78 is 4.96. The third-order valence-electron chi connectivity index (χ3n) is 3.80. The first-order valence-electron chi connectivity index (χ1n) is 6.43. The van der Waals surface area contributed by atoms with Crippen LogP contribution in [0.2, 0.25) is 0 Å². The van der Waals surface area contributed by atoms with Gasteiger partial charge in [0.15, 0.2) is 0 Å². The molecular weight excluding hydrogens is 202 g/mol. The largest absolute Gasteiger partial charge is 0.468 e. The Hall–Kier alpha value is -0.570. The summed E-state index contributed by atoms with van der Waals surface area (Å²) in [4.78, 5) is 14.2. The molecule has 3 unspecified atom stereocenters. The van der Waals surface area contributed by atoms with E-state index in [0.29, 0.717) is 17.8 Å². The van der Waals surface area contributed by atoms with Gasteiger partial charge >= 0.3 is 5.97 Å². The number of carbonyl (C=O) groups is 1. The van der Waals surface area contributed by atoms with E-state index in [0.717, 1.165) is 13.1 Å². The quantitative estimate of drug-likeness (QED) is 0.687. The molecule has 0 amide bonds. The summed E-state index contributed by atoms with van der Waals surface area (Å²) in [6, 6.07) is 0.0372. The average Bonchev–Trinajstić information content (AvgIpc) is 3.00. The van der Waals surface area contributed by atoms with Gasteiger partial charge in [-0.05, 0) is 37.0 Å². The topological polar surface area (TPSA) is 29.5 Å². The fourth-order valence-electron chi connectivity index (χ4n) is 3.11. The maximum Gasteiger partial charge on any atom is 0.323 e. The van der Waals surface area contributed by atoms with Crippen LogP contribution in [0.5, 0.6) is 0 Å². The Morgan fingerprint density at radius 2 is 1.81 bits per heavy atom. The van der Waals surface area contributed by atoms with E-state index in [2.05, 4.69) is 18.7 Å². The van der Waals surface area contributed by atoms with Crippen LogP contribution in [0.4, 0.5) is 0 Å². The van der Waals surface area contributed by atoms with Gasteiger partial charge in [0.05, 0.1) is 7.11 Å². The minimum Gasteiger partial charge on any atom is -0.468 e. The summed E-state index contributed by atoms with van der Waals surface area (Å²) in [5.41, 5.74) is 0. The second-order valence-electron chi connectivity index (χ2n) is 5.71. The molecule has 0 aromatic rings. The van der Waals surface area contributed by atoms with E-state index in [1.54, 1.807) is 0 Å². The maximum absolute atomic E-state index is 11.8. The van der Waals surface area contributed by atoms with Crippen molar-refractivity contribution < 1.29 is 9.53 Å². The molecule has 92 valence electrons. The second kappa shape index (κ2) is 4.74. The molecule has 1 aliphatic heterocycles. The molecule has 2 fully saturated rings. The molecular formula is C13H23NO2. The fourth-order valence-corrected chi connectivity index (χ4v) is 3.11. The first-order valence-corrected chi connectivity index (χ1v) is 6.43. The monoisotopic (exact) mass is 225 g/mol. The predicted molar refractivity (Wildman–Crippen MR) is 63.0 cm³/mol. The SMILES string of the molecule is COC(=O)C(C1CC1)N1CC(C)CC(C)C1. The molecule has 2 aliphatic rings. The van der Waals surface area contributed by atoms with Gasteiger partial charge in [0.2, 0.25) is 0 Å². The molecule has 1 saturated carbocycles. The van der Waals surface area contributed by atoms with E-state index < -0.39 is 0 Å². The lowest BCUT2D eigenvalue weighted by atomic mass is 9.90. The molecule has 0 radical (unpaired) electrons. The number of esters is 1. The van der Waals surface area contributed by atoms with Crippen molar-refractivity contribution >= 4 is 5.97 Å². The van der Waals surface area contributed by atoms with Gasteiger partial charge in [-0.3, -0.25) is 9.69 Å². The predicted octanol–water partition coefficient (Wildman–Crippen LogP) is 1.92. The van der Waals surface area contributed by atoms with Crippen molar-refractivity contribution in [2.45, 2.75) is 39.2 Å². The summed E-state index contributed by atoms with van der Waals surface area (Å²) in [5.74, 6) is 1.94. The first-order chi connectivity index (χ1) is 7.61. The summed E-state index contributed by atoms with van der Waals surface area (Å²) in [5, 5.41) is 0. The lowest BCUT2D eigenvalue weighted by Gasteiger charge is -2.39. The number of hydrogen-bond donors (Lipinski definition) is 0. The lowest BCUT2D eigenvalue weighted by molar-refractivity contribution is -0.149. The molecule has 1 heterocycles. The van der Waals surface area contributed by atoms with Crippen LogP contribution in [0, 0.1) is 17.8 Å². The van der Waals surface area contributed by atoms with E-state index in [1.807, 2.05) is 0 Å². The third kappa shape index (κ3) is 2.57. The molecule has 0 N–H and O–H groups in total. The van der Waals surface area contributed by atoms with Crippen molar-refractivity contribution in [1.82, 2.24) is 4.90 Å². The van der Waals surface area contributed by atoms with Crippen LogP contribution in [-0.4, -0.2) is 37.1 Å². The summed E-state index contributed by atoms with van der Waals surface area (Å²) >= 11 is 0. The highest BCUT2D eigenvalue weighted by atomic mass is 16.5. The Kier molecular flexibility index (Phi) is 3.53. The zero-order valence-corrected chi connectivity index (χ0v) is 10.6. The van der Waals surface area contributed by atoms with Gasteiger partial charge in [0, 0.05) is 13.1 Å². The minimum atomic E-state index is -0.0243. The minimum absolute atomic E-state index is 0.0243. The van der Waals surface area contributed by atoms with Crippen LogP contribution >= 0.6 is 0 Å². The van der Waals surface area contributed by atoms with Crippen molar-refractivity contribution in [2.24, 2.45) is 17.8 Å². The van der Waals surface area contributed by atoms with Gasteiger partial charge < -0.3 is 4.74 Å². The molecule has 0 aromatic carbocycles. The Labute approximate surface area is 98.1 Å². The zero-order chi connectivity index (χ0) is 11.7. The number of rotatable bonds is 3. The fraction of sp³-hybridized carbons (Fsp3) is 0.923. The van der Waals surface area contributed by atoms with Crippen LogP contribution in [0.3, 0.4) is 0 Å². The van der Waals surface area contributed by atoms with Gasteiger partial charge in [0.25, 0.3) is 0 Å². The Bertz CT molecular complexity index is 253. The molecule has 1 aliphatic carbocycles. The molecule has 1 saturated heterocycles. The normalized spacial score (nSPS) is 33.4. The number of ether oxygens (including phenoxy) is 1. The van der Waals surface area contributed by atoms with Gasteiger partial charge in [0.1, 0.15) is 6.04 Å². The smallest absolute Gasteiger partial charge is 0.323 e. The molecule has 16 heavy (non-hydrogen) atoms. The van der Waals surface area contributed by atoms with Crippen LogP contribution in [-0.2, 0) is 9.53 Å². The van der Waals surface area contributed by atoms with Crippen LogP contribution in [0.1, 0.15) is 33.1 Å². The number of piperidine rings is 1. The van der Waals surface area contributed by atoms with E-state index in [1.165, 1.54) is 26.4 Å². The van der Waals surface area contributed by atoms with Crippen LogP contribution in [0.15, 0.2) is 0 Å². The van der Waals surface area contributed by atoms with Crippen molar-refractivity contribution in [3.8, 4) is 0 Å². The van der Waals surface area contributed by atoms with Crippen LogP contribution < -0.4 is 0 Å². The number of methoxy groups -OCH3 is 1. The number of nitrogens with zero attached hydrogens (tertiary/aromatic N) is 1. The standard InChI is InChI=1S/C13H23NO2/c1-9-6-10(2)8-14(7-9)12(11-4-5-11)13(15)16-3/h9-12H,4-8H2,1-3H3. The van der Waals surface area contributed by atoms with E-state index in [4.69, 9.17) is 4.74 Å². The van der Waals surface area contributed by atoms with E-state index >= 15 is 0 Å².